The van der Waals surface area contributed by atoms with Gasteiger partial charge in [0.15, 0.2) is 18.9 Å². The van der Waals surface area contributed by atoms with Gasteiger partial charge in [-0.05, 0) is 25.3 Å². The Balaban J connectivity index is 1.91. The zero-order chi connectivity index (χ0) is 32.6. The SMILES string of the molecule is CC(=O)N[C@H]1[C@H](OCCCCCN=[N+]=[N-])O[C@H](CO)[C@@H](O[C@@H]2O[C@H](CO)[C@H](O)[C@H](O)[C@H]2O)[C@@H]1O[C@@H]1O[C@@H](C)[C@@H](O)[C@@H](O)[C@@H]1O. The summed E-state index contributed by atoms with van der Waals surface area (Å²) in [5.74, 6) is -0.571. The molecule has 3 aliphatic rings. The number of amides is 1. The van der Waals surface area contributed by atoms with Crippen molar-refractivity contribution in [2.75, 3.05) is 26.4 Å². The highest BCUT2D eigenvalue weighted by molar-refractivity contribution is 5.73. The molecule has 0 aromatic carbocycles. The van der Waals surface area contributed by atoms with Gasteiger partial charge >= 0.3 is 0 Å². The van der Waals surface area contributed by atoms with Crippen molar-refractivity contribution < 1.29 is 74.1 Å². The van der Waals surface area contributed by atoms with Crippen LogP contribution in [0.15, 0.2) is 5.11 Å². The van der Waals surface area contributed by atoms with Crippen LogP contribution in [-0.2, 0) is 33.2 Å². The summed E-state index contributed by atoms with van der Waals surface area (Å²) in [7, 11) is 0. The lowest BCUT2D eigenvalue weighted by Gasteiger charge is -2.50. The molecule has 15 atom stereocenters. The van der Waals surface area contributed by atoms with Crippen LogP contribution in [0.1, 0.15) is 33.1 Å². The molecule has 0 aromatic rings. The van der Waals surface area contributed by atoms with Crippen molar-refractivity contribution in [2.24, 2.45) is 5.11 Å². The molecule has 44 heavy (non-hydrogen) atoms. The van der Waals surface area contributed by atoms with Gasteiger partial charge in [0.1, 0.15) is 67.1 Å². The Hall–Kier alpha value is -1.78. The lowest BCUT2D eigenvalue weighted by Crippen LogP contribution is -2.69. The maximum absolute atomic E-state index is 12.3. The van der Waals surface area contributed by atoms with Crippen molar-refractivity contribution in [1.29, 1.82) is 0 Å². The quantitative estimate of drug-likeness (QED) is 0.0379. The molecule has 3 rings (SSSR count). The predicted octanol–water partition coefficient (Wildman–Crippen LogP) is -3.90. The number of aliphatic hydroxyl groups is 8. The van der Waals surface area contributed by atoms with E-state index >= 15 is 0 Å². The summed E-state index contributed by atoms with van der Waals surface area (Å²) in [6.07, 6.45) is -19.7. The van der Waals surface area contributed by atoms with Gasteiger partial charge in [0.05, 0.1) is 19.3 Å². The minimum atomic E-state index is -1.85. The molecule has 9 N–H and O–H groups in total. The molecule has 19 nitrogen and oxygen atoms in total. The summed E-state index contributed by atoms with van der Waals surface area (Å²) in [5, 5.41) is 88.2. The van der Waals surface area contributed by atoms with Gasteiger partial charge in [0.2, 0.25) is 5.91 Å². The minimum Gasteiger partial charge on any atom is -0.394 e. The maximum Gasteiger partial charge on any atom is 0.217 e. The van der Waals surface area contributed by atoms with Crippen molar-refractivity contribution in [3.8, 4) is 0 Å². The third kappa shape index (κ3) is 8.93. The molecule has 0 radical (unpaired) electrons. The minimum absolute atomic E-state index is 0.102. The summed E-state index contributed by atoms with van der Waals surface area (Å²) in [4.78, 5) is 15.0. The summed E-state index contributed by atoms with van der Waals surface area (Å²) in [6.45, 7) is 1.55. The first-order valence-electron chi connectivity index (χ1n) is 14.4. The molecular formula is C25H44N4O15. The first kappa shape index (κ1) is 36.7. The van der Waals surface area contributed by atoms with Crippen LogP contribution in [0.25, 0.3) is 10.4 Å². The van der Waals surface area contributed by atoms with E-state index in [-0.39, 0.29) is 6.61 Å². The van der Waals surface area contributed by atoms with Crippen molar-refractivity contribution in [3.05, 3.63) is 10.4 Å². The van der Waals surface area contributed by atoms with Crippen LogP contribution in [0, 0.1) is 0 Å². The maximum atomic E-state index is 12.3. The molecule has 0 saturated carbocycles. The second kappa shape index (κ2) is 17.2. The summed E-state index contributed by atoms with van der Waals surface area (Å²) < 4.78 is 34.9. The fraction of sp³-hybridized carbons (Fsp3) is 0.960. The van der Waals surface area contributed by atoms with Crippen LogP contribution in [-0.4, -0.2) is 165 Å². The number of carbonyl (C=O) groups excluding carboxylic acids is 1. The number of ether oxygens (including phenoxy) is 6. The fourth-order valence-electron chi connectivity index (χ4n) is 5.23. The Morgan fingerprint density at radius 1 is 0.795 bits per heavy atom. The second-order valence-corrected chi connectivity index (χ2v) is 10.9. The van der Waals surface area contributed by atoms with Crippen LogP contribution >= 0.6 is 0 Å². The van der Waals surface area contributed by atoms with Crippen LogP contribution in [0.2, 0.25) is 0 Å². The van der Waals surface area contributed by atoms with Gasteiger partial charge in [-0.15, -0.1) is 0 Å². The summed E-state index contributed by atoms with van der Waals surface area (Å²) in [6, 6.07) is -1.23. The number of nitrogens with one attached hydrogen (secondary N) is 1. The van der Waals surface area contributed by atoms with E-state index in [0.29, 0.717) is 25.8 Å². The number of hydrogen-bond donors (Lipinski definition) is 9. The fourth-order valence-corrected chi connectivity index (χ4v) is 5.23. The third-order valence-corrected chi connectivity index (χ3v) is 7.68. The van der Waals surface area contributed by atoms with Crippen LogP contribution < -0.4 is 5.32 Å². The topological polar surface area (TPSA) is 295 Å². The van der Waals surface area contributed by atoms with Crippen molar-refractivity contribution in [2.45, 2.75) is 125 Å². The van der Waals surface area contributed by atoms with E-state index in [0.717, 1.165) is 0 Å². The number of nitrogens with zero attached hydrogens (tertiary/aromatic N) is 3. The number of aliphatic hydroxyl groups excluding tert-OH is 8. The van der Waals surface area contributed by atoms with E-state index in [9.17, 15) is 45.6 Å². The molecule has 19 heteroatoms. The highest BCUT2D eigenvalue weighted by Gasteiger charge is 2.54. The molecule has 0 aliphatic carbocycles. The van der Waals surface area contributed by atoms with E-state index in [2.05, 4.69) is 15.3 Å². The van der Waals surface area contributed by atoms with E-state index in [4.69, 9.17) is 34.0 Å². The van der Waals surface area contributed by atoms with E-state index in [1.807, 2.05) is 0 Å². The molecule has 3 aliphatic heterocycles. The Bertz CT molecular complexity index is 945. The van der Waals surface area contributed by atoms with Gasteiger partial charge in [0, 0.05) is 25.0 Å². The molecule has 254 valence electrons. The highest BCUT2D eigenvalue weighted by Crippen LogP contribution is 2.33. The molecule has 0 aromatic heterocycles. The Kier molecular flexibility index (Phi) is 14.4. The van der Waals surface area contributed by atoms with Gasteiger partial charge in [-0.3, -0.25) is 4.79 Å². The highest BCUT2D eigenvalue weighted by atomic mass is 16.8. The van der Waals surface area contributed by atoms with Gasteiger partial charge in [-0.1, -0.05) is 11.5 Å². The Morgan fingerprint density at radius 2 is 1.39 bits per heavy atom. The zero-order valence-electron chi connectivity index (χ0n) is 24.4. The van der Waals surface area contributed by atoms with Crippen molar-refractivity contribution >= 4 is 5.91 Å². The lowest BCUT2D eigenvalue weighted by molar-refractivity contribution is -0.373. The lowest BCUT2D eigenvalue weighted by atomic mass is 9.94. The summed E-state index contributed by atoms with van der Waals surface area (Å²) >= 11 is 0. The van der Waals surface area contributed by atoms with E-state index < -0.39 is 111 Å². The molecular weight excluding hydrogens is 596 g/mol. The molecule has 0 unspecified atom stereocenters. The van der Waals surface area contributed by atoms with E-state index in [1.165, 1.54) is 13.8 Å². The number of unbranched alkanes of at least 4 members (excludes halogenated alkanes) is 2. The van der Waals surface area contributed by atoms with E-state index in [1.54, 1.807) is 0 Å². The molecule has 0 bridgehead atoms. The smallest absolute Gasteiger partial charge is 0.217 e. The number of hydrogen-bond acceptors (Lipinski definition) is 16. The monoisotopic (exact) mass is 640 g/mol. The average molecular weight is 641 g/mol. The van der Waals surface area contributed by atoms with Gasteiger partial charge in [-0.2, -0.15) is 0 Å². The number of rotatable bonds is 14. The molecule has 0 spiro atoms. The van der Waals surface area contributed by atoms with Crippen LogP contribution in [0.5, 0.6) is 0 Å². The Labute approximate surface area is 252 Å². The predicted molar refractivity (Wildman–Crippen MR) is 143 cm³/mol. The average Bonchev–Trinajstić information content (AvgIpc) is 3.00. The number of carbonyl (C=O) groups is 1. The zero-order valence-corrected chi connectivity index (χ0v) is 24.4. The van der Waals surface area contributed by atoms with Gasteiger partial charge in [-0.25, -0.2) is 0 Å². The van der Waals surface area contributed by atoms with Crippen molar-refractivity contribution in [1.82, 2.24) is 5.32 Å². The normalized spacial score (nSPS) is 42.8. The summed E-state index contributed by atoms with van der Waals surface area (Å²) in [5.41, 5.74) is 8.41. The van der Waals surface area contributed by atoms with Crippen molar-refractivity contribution in [3.63, 3.8) is 0 Å². The van der Waals surface area contributed by atoms with Gasteiger partial charge < -0.3 is 74.6 Å². The Morgan fingerprint density at radius 3 is 2.00 bits per heavy atom. The third-order valence-electron chi connectivity index (χ3n) is 7.68. The largest absolute Gasteiger partial charge is 0.394 e. The first-order valence-corrected chi connectivity index (χ1v) is 14.4. The molecule has 3 heterocycles. The molecule has 1 amide bonds. The first-order chi connectivity index (χ1) is 20.9. The van der Waals surface area contributed by atoms with Crippen LogP contribution in [0.3, 0.4) is 0 Å². The second-order valence-electron chi connectivity index (χ2n) is 10.9. The van der Waals surface area contributed by atoms with Crippen LogP contribution in [0.4, 0.5) is 0 Å². The number of azide groups is 1. The molecule has 3 fully saturated rings. The van der Waals surface area contributed by atoms with Gasteiger partial charge in [0.25, 0.3) is 0 Å². The standard InChI is InChI=1S/C25H44N4O15/c1-10-15(33)17(35)19(37)24(40-10)44-22-14(28-11(2)32)23(39-7-5-3-4-6-27-29-26)42-13(9-31)21(22)43-25-20(38)18(36)16(34)12(8-30)41-25/h10,12-25,30-31,33-38H,3-9H2,1-2H3,(H,28,32)/t10-,12+,13+,14+,15+,16-,17+,18-,19-,20+,21+,22+,23+,24-,25-/m0/s1. The molecule has 3 saturated heterocycles.